The Morgan fingerprint density at radius 2 is 1.12 bits per heavy atom. The van der Waals surface area contributed by atoms with E-state index < -0.39 is 24.3 Å². The number of hydrogen-bond acceptors (Lipinski definition) is 9. The quantitative estimate of drug-likeness (QED) is 0.116. The molecule has 65 heavy (non-hydrogen) atoms. The van der Waals surface area contributed by atoms with E-state index in [1.54, 1.807) is 0 Å². The number of imidazole rings is 2. The number of likely N-dealkylation sites (tertiary alicyclic amines) is 2. The minimum atomic E-state index is -0.685. The van der Waals surface area contributed by atoms with E-state index in [4.69, 9.17) is 19.4 Å². The van der Waals surface area contributed by atoms with Crippen LogP contribution in [0.1, 0.15) is 133 Å². The summed E-state index contributed by atoms with van der Waals surface area (Å²) in [6.07, 6.45) is 10.8. The molecule has 2 saturated carbocycles. The number of piperidine rings is 3. The number of amides is 4. The number of nitrogens with zero attached hydrogens (tertiary/aromatic N) is 5. The van der Waals surface area contributed by atoms with Gasteiger partial charge in [-0.1, -0.05) is 64.1 Å². The second kappa shape index (κ2) is 15.5. The lowest BCUT2D eigenvalue weighted by molar-refractivity contribution is -0.177. The molecular weight excluding hydrogens is 823 g/mol. The number of ether oxygens (including phenoxy) is 2. The fourth-order valence-corrected chi connectivity index (χ4v) is 13.5. The van der Waals surface area contributed by atoms with Crippen LogP contribution < -0.4 is 10.6 Å². The van der Waals surface area contributed by atoms with Crippen LogP contribution in [0.2, 0.25) is 0 Å². The Balaban J connectivity index is 0.869. The third-order valence-electron chi connectivity index (χ3n) is 16.5. The van der Waals surface area contributed by atoms with E-state index in [0.717, 1.165) is 85.5 Å². The van der Waals surface area contributed by atoms with Gasteiger partial charge in [-0.05, 0) is 110 Å². The molecule has 4 aromatic rings. The monoisotopic (exact) mass is 883 g/mol. The highest BCUT2D eigenvalue weighted by Crippen LogP contribution is 2.71. The molecule has 11 atom stereocenters. The summed E-state index contributed by atoms with van der Waals surface area (Å²) in [5, 5.41) is 5.59. The predicted molar refractivity (Wildman–Crippen MR) is 242 cm³/mol. The zero-order valence-corrected chi connectivity index (χ0v) is 38.4. The number of rotatable bonds is 11. The number of benzene rings is 2. The Morgan fingerprint density at radius 1 is 0.662 bits per heavy atom. The number of aromatic amines is 2. The standard InChI is InChI=1S/C50H61N9O6/c1-24(2)40(55-48(62)64-6)46(60)57-30-14-12-28(18-30)42(57)44-51-22-34(53-44)27-10-8-26(9-11-27)32-16-17-33(39-37-21-50(5)20-36(38(32)39)59(37)50)35-23-52-45(54-35)43-29-13-15-31(19-29)58(43)47(61)41(25(3)4)56-49(63)65-7/h8-11,16-17,22-25,28-31,36-37,40-43H,12-15,18-21H2,1-7H3,(H,51,53)(H,52,54)(H,55,62)(H,56,63)/t28-,29-,30+,31+,36?,37?,40-,41-,42-,43-,50?/m0/s1. The van der Waals surface area contributed by atoms with Gasteiger partial charge in [0, 0.05) is 35.3 Å². The van der Waals surface area contributed by atoms with E-state index >= 15 is 0 Å². The first-order valence-corrected chi connectivity index (χ1v) is 23.8. The minimum Gasteiger partial charge on any atom is -0.453 e. The molecule has 2 aromatic heterocycles. The smallest absolute Gasteiger partial charge is 0.407 e. The lowest BCUT2D eigenvalue weighted by Crippen LogP contribution is -2.66. The number of methoxy groups -OCH3 is 2. The van der Waals surface area contributed by atoms with Gasteiger partial charge in [-0.25, -0.2) is 19.6 Å². The maximum atomic E-state index is 14.2. The van der Waals surface area contributed by atoms with Gasteiger partial charge in [0.25, 0.3) is 0 Å². The molecule has 11 rings (SSSR count). The Bertz CT molecular complexity index is 2570. The molecule has 3 unspecified atom stereocenters. The van der Waals surface area contributed by atoms with Crippen LogP contribution >= 0.6 is 0 Å². The van der Waals surface area contributed by atoms with Crippen LogP contribution in [0.25, 0.3) is 33.6 Å². The van der Waals surface area contributed by atoms with Crippen LogP contribution in [0.4, 0.5) is 9.59 Å². The van der Waals surface area contributed by atoms with Crippen LogP contribution in [-0.2, 0) is 19.1 Å². The lowest BCUT2D eigenvalue weighted by atomic mass is 9.68. The molecule has 15 nitrogen and oxygen atoms in total. The van der Waals surface area contributed by atoms with Gasteiger partial charge in [-0.15, -0.1) is 0 Å². The van der Waals surface area contributed by atoms with E-state index in [2.05, 4.69) is 68.8 Å². The first-order valence-electron chi connectivity index (χ1n) is 23.8. The van der Waals surface area contributed by atoms with Gasteiger partial charge in [0.15, 0.2) is 0 Å². The van der Waals surface area contributed by atoms with Crippen LogP contribution in [0.3, 0.4) is 0 Å². The van der Waals surface area contributed by atoms with Crippen LogP contribution in [0, 0.1) is 23.7 Å². The summed E-state index contributed by atoms with van der Waals surface area (Å²) < 4.78 is 9.75. The molecule has 6 fully saturated rings. The van der Waals surface area contributed by atoms with Gasteiger partial charge in [0.05, 0.1) is 50.1 Å². The van der Waals surface area contributed by atoms with Crippen LogP contribution in [0.15, 0.2) is 48.8 Å². The second-order valence-corrected chi connectivity index (χ2v) is 20.8. The van der Waals surface area contributed by atoms with Crippen LogP contribution in [0.5, 0.6) is 0 Å². The summed E-state index contributed by atoms with van der Waals surface area (Å²) >= 11 is 0. The summed E-state index contributed by atoms with van der Waals surface area (Å²) in [6, 6.07) is 12.5. The average molecular weight is 884 g/mol. The molecule has 342 valence electrons. The van der Waals surface area contributed by atoms with E-state index in [1.807, 2.05) is 49.9 Å². The maximum Gasteiger partial charge on any atom is 0.407 e. The van der Waals surface area contributed by atoms with Crippen molar-refractivity contribution in [2.75, 3.05) is 14.2 Å². The van der Waals surface area contributed by atoms with Crippen molar-refractivity contribution in [3.8, 4) is 33.6 Å². The van der Waals surface area contributed by atoms with Crippen molar-refractivity contribution in [3.63, 3.8) is 0 Å². The molecule has 5 aliphatic heterocycles. The molecular formula is C50H61N9O6. The molecule has 2 aliphatic carbocycles. The summed E-state index contributed by atoms with van der Waals surface area (Å²) in [7, 11) is 2.64. The largest absolute Gasteiger partial charge is 0.453 e. The number of H-pyrrole nitrogens is 2. The van der Waals surface area contributed by atoms with Gasteiger partial charge in [0.2, 0.25) is 11.8 Å². The number of hydrogen-bond donors (Lipinski definition) is 4. The Morgan fingerprint density at radius 3 is 1.62 bits per heavy atom. The normalized spacial score (nSPS) is 29.9. The molecule has 7 aliphatic rings. The number of aromatic nitrogens is 4. The molecule has 4 saturated heterocycles. The number of nitrogens with one attached hydrogen (secondary N) is 4. The Labute approximate surface area is 379 Å². The van der Waals surface area contributed by atoms with Crippen molar-refractivity contribution in [1.29, 1.82) is 0 Å². The summed E-state index contributed by atoms with van der Waals surface area (Å²) in [5.41, 5.74) is 9.50. The number of alkyl carbamates (subject to hydrolysis) is 2. The zero-order valence-electron chi connectivity index (χ0n) is 38.4. The molecule has 0 radical (unpaired) electrons. The molecule has 4 N–H and O–H groups in total. The van der Waals surface area contributed by atoms with E-state index in [1.165, 1.54) is 36.5 Å². The first kappa shape index (κ1) is 42.0. The van der Waals surface area contributed by atoms with E-state index in [-0.39, 0.29) is 53.4 Å². The van der Waals surface area contributed by atoms with Crippen LogP contribution in [-0.4, -0.2) is 103 Å². The summed E-state index contributed by atoms with van der Waals surface area (Å²) in [4.78, 5) is 76.8. The third kappa shape index (κ3) is 6.45. The van der Waals surface area contributed by atoms with Crippen molar-refractivity contribution in [2.24, 2.45) is 23.7 Å². The van der Waals surface area contributed by atoms with Crippen molar-refractivity contribution in [1.82, 2.24) is 45.3 Å². The molecule has 0 spiro atoms. The maximum absolute atomic E-state index is 14.2. The molecule has 15 heteroatoms. The molecule has 7 heterocycles. The third-order valence-corrected chi connectivity index (χ3v) is 16.5. The topological polar surface area (TPSA) is 178 Å². The van der Waals surface area contributed by atoms with Gasteiger partial charge < -0.3 is 39.9 Å². The average Bonchev–Trinajstić information content (AvgIpc) is 4.18. The lowest BCUT2D eigenvalue weighted by Gasteiger charge is -2.65. The van der Waals surface area contributed by atoms with E-state index in [9.17, 15) is 19.2 Å². The Kier molecular flexibility index (Phi) is 9.98. The highest BCUT2D eigenvalue weighted by atomic mass is 16.5. The molecule has 4 amide bonds. The fraction of sp³-hybridized carbons (Fsp3) is 0.560. The first-order chi connectivity index (χ1) is 31.3. The minimum absolute atomic E-state index is 0.0756. The number of carbonyl (C=O) groups is 4. The Hall–Kier alpha value is -5.70. The van der Waals surface area contributed by atoms with Crippen molar-refractivity contribution >= 4 is 24.0 Å². The number of carbonyl (C=O) groups excluding carboxylic acids is 4. The molecule has 2 aromatic carbocycles. The van der Waals surface area contributed by atoms with Gasteiger partial charge in [0.1, 0.15) is 23.7 Å². The second-order valence-electron chi connectivity index (χ2n) is 20.8. The fourth-order valence-electron chi connectivity index (χ4n) is 13.5. The highest BCUT2D eigenvalue weighted by molar-refractivity contribution is 5.88. The van der Waals surface area contributed by atoms with Gasteiger partial charge in [-0.2, -0.15) is 0 Å². The van der Waals surface area contributed by atoms with Crippen molar-refractivity contribution < 1.29 is 28.7 Å². The van der Waals surface area contributed by atoms with Gasteiger partial charge in [-0.3, -0.25) is 14.5 Å². The zero-order chi connectivity index (χ0) is 45.2. The van der Waals surface area contributed by atoms with E-state index in [0.29, 0.717) is 23.9 Å². The predicted octanol–water partition coefficient (Wildman–Crippen LogP) is 7.96. The number of fused-ring (bicyclic) bond motifs is 7. The highest BCUT2D eigenvalue weighted by Gasteiger charge is 2.66. The summed E-state index contributed by atoms with van der Waals surface area (Å²) in [5.74, 6) is 1.85. The SMILES string of the molecule is COC(=O)N[C@H](C(=O)N1[C@@H]2CC[C@@H](C2)[C@H]1c1ncc(-c2ccc(-c3ccc(-c4cnc([C@@H]5[C@H]6CC[C@H](C6)N5C(=O)[C@@H](NC(=O)OC)C(C)C)[nH]4)c4c3C3CC5(C)CC4N35)cc2)[nH]1)C(C)C. The van der Waals surface area contributed by atoms with Crippen molar-refractivity contribution in [3.05, 3.63) is 71.6 Å². The van der Waals surface area contributed by atoms with Gasteiger partial charge >= 0.3 is 12.2 Å². The molecule has 4 bridgehead atoms. The van der Waals surface area contributed by atoms with Crippen molar-refractivity contribution in [2.45, 2.75) is 140 Å². The summed E-state index contributed by atoms with van der Waals surface area (Å²) in [6.45, 7) is 10.2.